The Labute approximate surface area is 116 Å². The lowest BCUT2D eigenvalue weighted by Gasteiger charge is -2.37. The molecule has 1 aromatic rings. The first-order valence-corrected chi connectivity index (χ1v) is 7.04. The SMILES string of the molecule is CNC1CCC(C(=O)O)(c2cccc(Br)c2)CC1. The van der Waals surface area contributed by atoms with Crippen molar-refractivity contribution in [2.24, 2.45) is 0 Å². The van der Waals surface area contributed by atoms with Crippen LogP contribution in [0.1, 0.15) is 31.2 Å². The van der Waals surface area contributed by atoms with Crippen molar-refractivity contribution in [2.45, 2.75) is 37.1 Å². The van der Waals surface area contributed by atoms with E-state index in [0.29, 0.717) is 18.9 Å². The highest BCUT2D eigenvalue weighted by Crippen LogP contribution is 2.40. The van der Waals surface area contributed by atoms with Gasteiger partial charge in [0.25, 0.3) is 0 Å². The Balaban J connectivity index is 2.32. The number of hydrogen-bond acceptors (Lipinski definition) is 2. The molecule has 0 aliphatic heterocycles. The van der Waals surface area contributed by atoms with Crippen LogP contribution in [0.25, 0.3) is 0 Å². The zero-order chi connectivity index (χ0) is 13.2. The van der Waals surface area contributed by atoms with E-state index in [1.807, 2.05) is 31.3 Å². The number of carboxylic acids is 1. The molecule has 1 aliphatic rings. The van der Waals surface area contributed by atoms with Gasteiger partial charge in [-0.3, -0.25) is 4.79 Å². The van der Waals surface area contributed by atoms with Gasteiger partial charge in [0.05, 0.1) is 5.41 Å². The van der Waals surface area contributed by atoms with Gasteiger partial charge >= 0.3 is 5.97 Å². The third kappa shape index (κ3) is 2.45. The second-order valence-corrected chi connectivity index (χ2v) is 5.88. The van der Waals surface area contributed by atoms with Gasteiger partial charge in [-0.1, -0.05) is 28.1 Å². The summed E-state index contributed by atoms with van der Waals surface area (Å²) in [5.41, 5.74) is 0.204. The molecule has 0 spiro atoms. The van der Waals surface area contributed by atoms with E-state index in [1.54, 1.807) is 0 Å². The molecule has 0 aromatic heterocycles. The molecule has 0 amide bonds. The van der Waals surface area contributed by atoms with Crippen LogP contribution in [0.4, 0.5) is 0 Å². The van der Waals surface area contributed by atoms with Crippen LogP contribution in [0.5, 0.6) is 0 Å². The summed E-state index contributed by atoms with van der Waals surface area (Å²) in [4.78, 5) is 11.7. The van der Waals surface area contributed by atoms with E-state index < -0.39 is 11.4 Å². The molecule has 0 saturated heterocycles. The minimum absolute atomic E-state index is 0.449. The molecule has 0 radical (unpaired) electrons. The maximum atomic E-state index is 11.7. The minimum atomic E-state index is -0.711. The summed E-state index contributed by atoms with van der Waals surface area (Å²) in [6.07, 6.45) is 3.22. The molecule has 0 atom stereocenters. The Kier molecular flexibility index (Phi) is 4.07. The Morgan fingerprint density at radius 2 is 2.11 bits per heavy atom. The van der Waals surface area contributed by atoms with Crippen molar-refractivity contribution in [3.8, 4) is 0 Å². The molecule has 0 heterocycles. The normalized spacial score (nSPS) is 28.0. The fourth-order valence-corrected chi connectivity index (χ4v) is 3.21. The van der Waals surface area contributed by atoms with Crippen LogP contribution in [0.2, 0.25) is 0 Å². The first-order chi connectivity index (χ1) is 8.58. The monoisotopic (exact) mass is 311 g/mol. The van der Waals surface area contributed by atoms with E-state index in [2.05, 4.69) is 21.2 Å². The number of nitrogens with one attached hydrogen (secondary N) is 1. The van der Waals surface area contributed by atoms with Crippen molar-refractivity contribution in [2.75, 3.05) is 7.05 Å². The average molecular weight is 312 g/mol. The molecule has 1 aromatic carbocycles. The fourth-order valence-electron chi connectivity index (χ4n) is 2.81. The van der Waals surface area contributed by atoms with Gasteiger partial charge < -0.3 is 10.4 Å². The fraction of sp³-hybridized carbons (Fsp3) is 0.500. The van der Waals surface area contributed by atoms with Crippen LogP contribution in [-0.4, -0.2) is 24.2 Å². The Morgan fingerprint density at radius 3 is 2.61 bits per heavy atom. The van der Waals surface area contributed by atoms with Crippen LogP contribution in [0.15, 0.2) is 28.7 Å². The maximum Gasteiger partial charge on any atom is 0.314 e. The number of carboxylic acid groups (broad SMARTS) is 1. The zero-order valence-corrected chi connectivity index (χ0v) is 12.0. The molecule has 2 rings (SSSR count). The highest BCUT2D eigenvalue weighted by Gasteiger charge is 2.43. The van der Waals surface area contributed by atoms with Crippen LogP contribution >= 0.6 is 15.9 Å². The Bertz CT molecular complexity index is 439. The van der Waals surface area contributed by atoms with E-state index in [0.717, 1.165) is 22.9 Å². The zero-order valence-electron chi connectivity index (χ0n) is 10.4. The van der Waals surface area contributed by atoms with E-state index >= 15 is 0 Å². The largest absolute Gasteiger partial charge is 0.481 e. The third-order valence-corrected chi connectivity index (χ3v) is 4.53. The summed E-state index contributed by atoms with van der Waals surface area (Å²) in [5.74, 6) is -0.699. The van der Waals surface area contributed by atoms with Crippen LogP contribution in [-0.2, 0) is 10.2 Å². The number of hydrogen-bond donors (Lipinski definition) is 2. The van der Waals surface area contributed by atoms with E-state index in [9.17, 15) is 9.90 Å². The molecule has 1 fully saturated rings. The molecular formula is C14H18BrNO2. The molecule has 1 aliphatic carbocycles. The highest BCUT2D eigenvalue weighted by molar-refractivity contribution is 9.10. The van der Waals surface area contributed by atoms with Crippen molar-refractivity contribution in [3.63, 3.8) is 0 Å². The molecule has 1 saturated carbocycles. The average Bonchev–Trinajstić information content (AvgIpc) is 2.38. The van der Waals surface area contributed by atoms with E-state index in [4.69, 9.17) is 0 Å². The first-order valence-electron chi connectivity index (χ1n) is 6.25. The summed E-state index contributed by atoms with van der Waals surface area (Å²) < 4.78 is 0.941. The lowest BCUT2D eigenvalue weighted by Crippen LogP contribution is -2.43. The van der Waals surface area contributed by atoms with Crippen LogP contribution in [0, 0.1) is 0 Å². The van der Waals surface area contributed by atoms with E-state index in [1.165, 1.54) is 0 Å². The van der Waals surface area contributed by atoms with Gasteiger partial charge in [-0.15, -0.1) is 0 Å². The van der Waals surface area contributed by atoms with Gasteiger partial charge in [-0.25, -0.2) is 0 Å². The molecule has 3 nitrogen and oxygen atoms in total. The number of halogens is 1. The summed E-state index contributed by atoms with van der Waals surface area (Å²) in [6, 6.07) is 8.16. The smallest absolute Gasteiger partial charge is 0.314 e. The van der Waals surface area contributed by atoms with Crippen LogP contribution in [0.3, 0.4) is 0 Å². The van der Waals surface area contributed by atoms with Crippen molar-refractivity contribution >= 4 is 21.9 Å². The van der Waals surface area contributed by atoms with Gasteiger partial charge in [0.15, 0.2) is 0 Å². The van der Waals surface area contributed by atoms with Crippen molar-refractivity contribution in [3.05, 3.63) is 34.3 Å². The molecule has 18 heavy (non-hydrogen) atoms. The summed E-state index contributed by atoms with van der Waals surface area (Å²) in [6.45, 7) is 0. The maximum absolute atomic E-state index is 11.7. The predicted molar refractivity (Wildman–Crippen MR) is 74.8 cm³/mol. The molecular weight excluding hydrogens is 294 g/mol. The van der Waals surface area contributed by atoms with Crippen molar-refractivity contribution < 1.29 is 9.90 Å². The topological polar surface area (TPSA) is 49.3 Å². The van der Waals surface area contributed by atoms with Gasteiger partial charge in [0, 0.05) is 10.5 Å². The quantitative estimate of drug-likeness (QED) is 0.902. The molecule has 98 valence electrons. The van der Waals surface area contributed by atoms with Crippen LogP contribution < -0.4 is 5.32 Å². The number of aliphatic carboxylic acids is 1. The lowest BCUT2D eigenvalue weighted by atomic mass is 9.68. The second-order valence-electron chi connectivity index (χ2n) is 4.96. The molecule has 0 unspecified atom stereocenters. The summed E-state index contributed by atoms with van der Waals surface area (Å²) >= 11 is 3.42. The van der Waals surface area contributed by atoms with Gasteiger partial charge in [0.2, 0.25) is 0 Å². The summed E-state index contributed by atoms with van der Waals surface area (Å²) in [7, 11) is 1.94. The van der Waals surface area contributed by atoms with E-state index in [-0.39, 0.29) is 0 Å². The lowest BCUT2D eigenvalue weighted by molar-refractivity contribution is -0.145. The minimum Gasteiger partial charge on any atom is -0.481 e. The number of benzene rings is 1. The standard InChI is InChI=1S/C14H18BrNO2/c1-16-12-5-7-14(8-6-12,13(17)18)10-3-2-4-11(15)9-10/h2-4,9,12,16H,5-8H2,1H3,(H,17,18). The van der Waals surface area contributed by atoms with Crippen molar-refractivity contribution in [1.82, 2.24) is 5.32 Å². The number of rotatable bonds is 3. The van der Waals surface area contributed by atoms with Gasteiger partial charge in [0.1, 0.15) is 0 Å². The summed E-state index contributed by atoms with van der Waals surface area (Å²) in [5, 5.41) is 12.9. The predicted octanol–water partition coefficient (Wildman–Crippen LogP) is 2.93. The second kappa shape index (κ2) is 5.41. The Morgan fingerprint density at radius 1 is 1.44 bits per heavy atom. The highest BCUT2D eigenvalue weighted by atomic mass is 79.9. The molecule has 0 bridgehead atoms. The Hall–Kier alpha value is -0.870. The first kappa shape index (κ1) is 13.6. The third-order valence-electron chi connectivity index (χ3n) is 4.03. The van der Waals surface area contributed by atoms with Crippen molar-refractivity contribution in [1.29, 1.82) is 0 Å². The number of carbonyl (C=O) groups is 1. The van der Waals surface area contributed by atoms with Gasteiger partial charge in [-0.05, 0) is 50.4 Å². The molecule has 4 heteroatoms. The molecule has 2 N–H and O–H groups in total. The van der Waals surface area contributed by atoms with Gasteiger partial charge in [-0.2, -0.15) is 0 Å².